The normalized spacial score (nSPS) is 17.4. The maximum Gasteiger partial charge on any atom is 0.461 e. The summed E-state index contributed by atoms with van der Waals surface area (Å²) in [4.78, 5) is 34.2. The lowest BCUT2D eigenvalue weighted by molar-refractivity contribution is -0.149. The standard InChI is InChI=1S/C36H41F2N8O7PS/c1-5-50-26-13-11-25(12-14-26)46-19-29(33(43-46)32-28(37)15-16-31(38)42-32)40-34(47)30-20-55-35(41-30)24-17-39-45(18-24)21-51-54(49,53-27-9-7-6-8-10-27)44-23(4)36(48)52-22(2)3/h6-10,15-20,22-23,25-26H,5,11-14,21H2,1-4H3,(H,40,47)(H,44,49). The van der Waals surface area contributed by atoms with Crippen molar-refractivity contribution in [3.63, 3.8) is 0 Å². The van der Waals surface area contributed by atoms with Crippen molar-refractivity contribution in [2.45, 2.75) is 84.4 Å². The van der Waals surface area contributed by atoms with Gasteiger partial charge in [0, 0.05) is 29.9 Å². The minimum absolute atomic E-state index is 0.0109. The topological polar surface area (TPSA) is 174 Å². The van der Waals surface area contributed by atoms with Crippen molar-refractivity contribution in [3.8, 4) is 27.7 Å². The van der Waals surface area contributed by atoms with E-state index in [0.717, 1.165) is 37.8 Å². The lowest BCUT2D eigenvalue weighted by Crippen LogP contribution is -2.36. The molecule has 6 rings (SSSR count). The number of carbonyl (C=O) groups excluding carboxylic acids is 2. The molecule has 19 heteroatoms. The van der Waals surface area contributed by atoms with Crippen molar-refractivity contribution in [2.24, 2.45) is 0 Å². The summed E-state index contributed by atoms with van der Waals surface area (Å²) in [6.45, 7) is 7.12. The maximum absolute atomic E-state index is 14.9. The fourth-order valence-corrected chi connectivity index (χ4v) is 8.06. The van der Waals surface area contributed by atoms with Gasteiger partial charge in [-0.2, -0.15) is 19.7 Å². The Morgan fingerprint density at radius 2 is 1.78 bits per heavy atom. The van der Waals surface area contributed by atoms with Crippen LogP contribution in [0.25, 0.3) is 22.0 Å². The molecule has 1 saturated carbocycles. The molecule has 0 spiro atoms. The zero-order valence-corrected chi connectivity index (χ0v) is 32.3. The number of nitrogens with zero attached hydrogens (tertiary/aromatic N) is 6. The van der Waals surface area contributed by atoms with Crippen LogP contribution in [0.15, 0.2) is 66.4 Å². The van der Waals surface area contributed by atoms with Gasteiger partial charge < -0.3 is 19.3 Å². The Morgan fingerprint density at radius 3 is 2.51 bits per heavy atom. The SMILES string of the molecule is CCOC1CCC(n2cc(NC(=O)c3csc(-c4cnn(COP(=O)(NC(C)C(=O)OC(C)C)Oc5ccccc5)c4)n3)c(-c3nc(F)ccc3F)n2)CC1. The van der Waals surface area contributed by atoms with Crippen molar-refractivity contribution in [3.05, 3.63) is 83.9 Å². The van der Waals surface area contributed by atoms with Gasteiger partial charge in [0.05, 0.1) is 30.1 Å². The summed E-state index contributed by atoms with van der Waals surface area (Å²) < 4.78 is 68.3. The number of amides is 1. The second-order valence-corrected chi connectivity index (χ2v) is 15.5. The van der Waals surface area contributed by atoms with Crippen LogP contribution < -0.4 is 14.9 Å². The van der Waals surface area contributed by atoms with Gasteiger partial charge in [-0.05, 0) is 77.6 Å². The van der Waals surface area contributed by atoms with Gasteiger partial charge in [-0.15, -0.1) is 11.3 Å². The number of rotatable bonds is 16. The molecule has 1 aliphatic carbocycles. The molecule has 292 valence electrons. The number of aromatic nitrogens is 6. The number of benzene rings is 1. The van der Waals surface area contributed by atoms with Gasteiger partial charge in [0.15, 0.2) is 12.5 Å². The van der Waals surface area contributed by atoms with Crippen LogP contribution >= 0.6 is 19.1 Å². The monoisotopic (exact) mass is 798 g/mol. The van der Waals surface area contributed by atoms with Crippen LogP contribution in [0.5, 0.6) is 5.75 Å². The molecule has 2 unspecified atom stereocenters. The molecule has 55 heavy (non-hydrogen) atoms. The van der Waals surface area contributed by atoms with E-state index in [1.807, 2.05) is 6.92 Å². The number of hydrogen-bond donors (Lipinski definition) is 2. The van der Waals surface area contributed by atoms with E-state index in [1.165, 1.54) is 29.1 Å². The zero-order valence-electron chi connectivity index (χ0n) is 30.6. The van der Waals surface area contributed by atoms with Gasteiger partial charge in [0.25, 0.3) is 5.91 Å². The minimum Gasteiger partial charge on any atom is -0.462 e. The third-order valence-corrected chi connectivity index (χ3v) is 10.9. The predicted octanol–water partition coefficient (Wildman–Crippen LogP) is 7.41. The molecule has 0 radical (unpaired) electrons. The lowest BCUT2D eigenvalue weighted by Gasteiger charge is -2.28. The number of thiazole rings is 1. The molecule has 1 fully saturated rings. The van der Waals surface area contributed by atoms with Crippen molar-refractivity contribution in [1.82, 2.24) is 34.6 Å². The summed E-state index contributed by atoms with van der Waals surface area (Å²) in [7, 11) is -4.15. The fraction of sp³-hybridized carbons (Fsp3) is 0.389. The van der Waals surface area contributed by atoms with Crippen molar-refractivity contribution in [1.29, 1.82) is 0 Å². The van der Waals surface area contributed by atoms with Gasteiger partial charge in [-0.1, -0.05) is 18.2 Å². The molecule has 5 aromatic rings. The molecule has 2 N–H and O–H groups in total. The van der Waals surface area contributed by atoms with Crippen LogP contribution in [0, 0.1) is 11.8 Å². The molecular formula is C36H41F2N8O7PS. The highest BCUT2D eigenvalue weighted by atomic mass is 32.1. The fourth-order valence-electron chi connectivity index (χ4n) is 5.85. The molecule has 15 nitrogen and oxygen atoms in total. The van der Waals surface area contributed by atoms with Crippen LogP contribution in [-0.4, -0.2) is 66.3 Å². The summed E-state index contributed by atoms with van der Waals surface area (Å²) in [5.74, 6) is -2.67. The van der Waals surface area contributed by atoms with E-state index >= 15 is 0 Å². The smallest absolute Gasteiger partial charge is 0.461 e. The van der Waals surface area contributed by atoms with E-state index < -0.39 is 37.4 Å². The Balaban J connectivity index is 1.16. The first-order valence-corrected chi connectivity index (χ1v) is 20.1. The summed E-state index contributed by atoms with van der Waals surface area (Å²) in [6.07, 6.45) is 7.58. The van der Waals surface area contributed by atoms with E-state index in [4.69, 9.17) is 18.5 Å². The van der Waals surface area contributed by atoms with Crippen LogP contribution in [0.4, 0.5) is 14.5 Å². The van der Waals surface area contributed by atoms with Crippen molar-refractivity contribution >= 4 is 36.6 Å². The van der Waals surface area contributed by atoms with Gasteiger partial charge in [-0.3, -0.25) is 18.8 Å². The van der Waals surface area contributed by atoms with E-state index in [2.05, 4.69) is 30.6 Å². The molecule has 1 aliphatic rings. The van der Waals surface area contributed by atoms with Gasteiger partial charge >= 0.3 is 13.7 Å². The first kappa shape index (κ1) is 39.8. The predicted molar refractivity (Wildman–Crippen MR) is 199 cm³/mol. The molecule has 4 aromatic heterocycles. The highest BCUT2D eigenvalue weighted by Crippen LogP contribution is 2.45. The maximum atomic E-state index is 14.9. The Bertz CT molecular complexity index is 2140. The van der Waals surface area contributed by atoms with E-state index in [-0.39, 0.29) is 53.5 Å². The summed E-state index contributed by atoms with van der Waals surface area (Å²) in [5, 5.41) is 16.2. The first-order valence-electron chi connectivity index (χ1n) is 17.7. The van der Waals surface area contributed by atoms with Crippen LogP contribution in [-0.2, 0) is 30.1 Å². The van der Waals surface area contributed by atoms with Crippen LogP contribution in [0.1, 0.15) is 69.9 Å². The summed E-state index contributed by atoms with van der Waals surface area (Å²) >= 11 is 1.17. The van der Waals surface area contributed by atoms with Crippen LogP contribution in [0.3, 0.4) is 0 Å². The molecule has 1 aromatic carbocycles. The number of hydrogen-bond acceptors (Lipinski definition) is 12. The second kappa shape index (κ2) is 17.7. The number of ether oxygens (including phenoxy) is 2. The molecule has 2 atom stereocenters. The van der Waals surface area contributed by atoms with Gasteiger partial charge in [0.2, 0.25) is 5.95 Å². The minimum atomic E-state index is -4.15. The second-order valence-electron chi connectivity index (χ2n) is 13.0. The number of esters is 1. The van der Waals surface area contributed by atoms with Gasteiger partial charge in [-0.25, -0.2) is 23.6 Å². The number of pyridine rings is 1. The summed E-state index contributed by atoms with van der Waals surface area (Å²) in [5.41, 5.74) is 0.388. The summed E-state index contributed by atoms with van der Waals surface area (Å²) in [6, 6.07) is 9.15. The van der Waals surface area contributed by atoms with Crippen molar-refractivity contribution in [2.75, 3.05) is 11.9 Å². The Hall–Kier alpha value is -4.87. The zero-order chi connectivity index (χ0) is 39.1. The average Bonchev–Trinajstić information content (AvgIpc) is 3.93. The molecule has 4 heterocycles. The molecule has 0 saturated heterocycles. The number of carbonyl (C=O) groups is 2. The number of anilines is 1. The third-order valence-electron chi connectivity index (χ3n) is 8.44. The highest BCUT2D eigenvalue weighted by Gasteiger charge is 2.33. The number of nitrogens with one attached hydrogen (secondary N) is 2. The Kier molecular flexibility index (Phi) is 12.8. The Labute approximate surface area is 320 Å². The molecular weight excluding hydrogens is 757 g/mol. The average molecular weight is 799 g/mol. The van der Waals surface area contributed by atoms with E-state index in [0.29, 0.717) is 17.2 Å². The van der Waals surface area contributed by atoms with Crippen LogP contribution in [0.2, 0.25) is 0 Å². The Morgan fingerprint density at radius 1 is 1.02 bits per heavy atom. The quantitative estimate of drug-likeness (QED) is 0.0576. The van der Waals surface area contributed by atoms with Gasteiger partial charge in [0.1, 0.15) is 33.9 Å². The van der Waals surface area contributed by atoms with E-state index in [1.54, 1.807) is 66.6 Å². The largest absolute Gasteiger partial charge is 0.462 e. The highest BCUT2D eigenvalue weighted by molar-refractivity contribution is 7.52. The molecule has 0 bridgehead atoms. The number of halogens is 2. The first-order chi connectivity index (χ1) is 26.4. The van der Waals surface area contributed by atoms with Crippen molar-refractivity contribution < 1.29 is 41.5 Å². The lowest BCUT2D eigenvalue weighted by atomic mass is 9.93. The molecule has 0 aliphatic heterocycles. The number of para-hydroxylation sites is 1. The van der Waals surface area contributed by atoms with E-state index in [9.17, 15) is 22.9 Å². The third kappa shape index (κ3) is 10.3. The molecule has 1 amide bonds.